The molecule has 1 aromatic carbocycles. The molecule has 0 aliphatic rings. The van der Waals surface area contributed by atoms with Gasteiger partial charge in [-0.3, -0.25) is 0 Å². The second kappa shape index (κ2) is 6.79. The van der Waals surface area contributed by atoms with E-state index < -0.39 is 31.1 Å². The summed E-state index contributed by atoms with van der Waals surface area (Å²) in [5.41, 5.74) is -0.156. The fraction of sp³-hybridized carbons (Fsp3) is 0.333. The van der Waals surface area contributed by atoms with Crippen molar-refractivity contribution < 1.29 is 27.9 Å². The van der Waals surface area contributed by atoms with Gasteiger partial charge < -0.3 is 15.3 Å². The van der Waals surface area contributed by atoms with E-state index in [0.717, 1.165) is 4.90 Å². The average Bonchev–Trinajstić information content (AvgIpc) is 2.36. The first-order valence-corrected chi connectivity index (χ1v) is 6.51. The quantitative estimate of drug-likeness (QED) is 0.853. The fourth-order valence-electron chi connectivity index (χ4n) is 1.41. The molecular formula is C12H12BrF3N2O3. The number of rotatable bonds is 4. The van der Waals surface area contributed by atoms with Crippen LogP contribution in [0.15, 0.2) is 22.7 Å². The van der Waals surface area contributed by atoms with Gasteiger partial charge >= 0.3 is 18.2 Å². The van der Waals surface area contributed by atoms with Crippen LogP contribution < -0.4 is 5.32 Å². The first-order valence-electron chi connectivity index (χ1n) is 5.72. The lowest BCUT2D eigenvalue weighted by atomic mass is 10.2. The molecule has 0 atom stereocenters. The SMILES string of the molecule is CN(CCC(F)(F)F)C(=O)Nc1ccc(Br)cc1C(=O)O. The zero-order valence-corrected chi connectivity index (χ0v) is 12.5. The van der Waals surface area contributed by atoms with Gasteiger partial charge in [0.25, 0.3) is 0 Å². The number of hydrogen-bond donors (Lipinski definition) is 2. The molecule has 21 heavy (non-hydrogen) atoms. The summed E-state index contributed by atoms with van der Waals surface area (Å²) in [6, 6.07) is 3.33. The Morgan fingerprint density at radius 3 is 2.52 bits per heavy atom. The van der Waals surface area contributed by atoms with Gasteiger partial charge in [0.05, 0.1) is 17.7 Å². The molecule has 0 bridgehead atoms. The minimum absolute atomic E-state index is 0.00885. The molecule has 116 valence electrons. The van der Waals surface area contributed by atoms with Crippen molar-refractivity contribution in [3.05, 3.63) is 28.2 Å². The number of carbonyl (C=O) groups excluding carboxylic acids is 1. The van der Waals surface area contributed by atoms with E-state index in [1.54, 1.807) is 0 Å². The molecule has 1 rings (SSSR count). The Morgan fingerprint density at radius 2 is 2.00 bits per heavy atom. The number of aromatic carboxylic acids is 1. The van der Waals surface area contributed by atoms with Gasteiger partial charge in [-0.1, -0.05) is 15.9 Å². The van der Waals surface area contributed by atoms with Crippen molar-refractivity contribution in [1.82, 2.24) is 4.90 Å². The molecule has 0 saturated carbocycles. The first-order chi connectivity index (χ1) is 9.60. The van der Waals surface area contributed by atoms with Gasteiger partial charge in [-0.25, -0.2) is 9.59 Å². The molecule has 0 aliphatic carbocycles. The van der Waals surface area contributed by atoms with Gasteiger partial charge in [0.1, 0.15) is 0 Å². The molecule has 5 nitrogen and oxygen atoms in total. The molecule has 0 saturated heterocycles. The Labute approximate surface area is 126 Å². The molecule has 0 unspecified atom stereocenters. The zero-order chi connectivity index (χ0) is 16.2. The molecule has 0 radical (unpaired) electrons. The zero-order valence-electron chi connectivity index (χ0n) is 10.9. The molecule has 0 aliphatic heterocycles. The van der Waals surface area contributed by atoms with Crippen molar-refractivity contribution in [1.29, 1.82) is 0 Å². The van der Waals surface area contributed by atoms with Crippen LogP contribution in [0.3, 0.4) is 0 Å². The first kappa shape index (κ1) is 17.3. The molecule has 0 heterocycles. The van der Waals surface area contributed by atoms with Crippen molar-refractivity contribution in [2.24, 2.45) is 0 Å². The van der Waals surface area contributed by atoms with E-state index in [1.807, 2.05) is 0 Å². The van der Waals surface area contributed by atoms with E-state index in [1.165, 1.54) is 25.2 Å². The minimum Gasteiger partial charge on any atom is -0.478 e. The number of alkyl halides is 3. The summed E-state index contributed by atoms with van der Waals surface area (Å²) in [4.78, 5) is 23.6. The number of amides is 2. The second-order valence-corrected chi connectivity index (χ2v) is 5.13. The van der Waals surface area contributed by atoms with Crippen LogP contribution in [0.25, 0.3) is 0 Å². The van der Waals surface area contributed by atoms with Crippen LogP contribution in [0.5, 0.6) is 0 Å². The fourth-order valence-corrected chi connectivity index (χ4v) is 1.77. The highest BCUT2D eigenvalue weighted by molar-refractivity contribution is 9.10. The third-order valence-electron chi connectivity index (χ3n) is 2.53. The number of hydrogen-bond acceptors (Lipinski definition) is 2. The van der Waals surface area contributed by atoms with Crippen LogP contribution in [-0.4, -0.2) is 41.8 Å². The third-order valence-corrected chi connectivity index (χ3v) is 3.02. The maximum Gasteiger partial charge on any atom is 0.390 e. The van der Waals surface area contributed by atoms with Crippen molar-refractivity contribution in [3.63, 3.8) is 0 Å². The van der Waals surface area contributed by atoms with Crippen molar-refractivity contribution in [2.75, 3.05) is 18.9 Å². The Hall–Kier alpha value is -1.77. The molecule has 9 heteroatoms. The summed E-state index contributed by atoms with van der Waals surface area (Å²) in [6.07, 6.45) is -5.50. The van der Waals surface area contributed by atoms with Crippen LogP contribution in [0, 0.1) is 0 Å². The number of nitrogens with one attached hydrogen (secondary N) is 1. The van der Waals surface area contributed by atoms with Crippen LogP contribution in [0.1, 0.15) is 16.8 Å². The number of carboxylic acids is 1. The number of carboxylic acid groups (broad SMARTS) is 1. The standard InChI is InChI=1S/C12H12BrF3N2O3/c1-18(5-4-12(14,15)16)11(21)17-9-3-2-7(13)6-8(9)10(19)20/h2-3,6H,4-5H2,1H3,(H,17,21)(H,19,20). The second-order valence-electron chi connectivity index (χ2n) is 4.21. The smallest absolute Gasteiger partial charge is 0.390 e. The van der Waals surface area contributed by atoms with E-state index in [0.29, 0.717) is 4.47 Å². The topological polar surface area (TPSA) is 69.6 Å². The number of urea groups is 1. The monoisotopic (exact) mass is 368 g/mol. The average molecular weight is 369 g/mol. The molecular weight excluding hydrogens is 357 g/mol. The summed E-state index contributed by atoms with van der Waals surface area (Å²) in [6.45, 7) is -0.520. The summed E-state index contributed by atoms with van der Waals surface area (Å²) in [5, 5.41) is 11.3. The van der Waals surface area contributed by atoms with Crippen molar-refractivity contribution in [2.45, 2.75) is 12.6 Å². The molecule has 2 amide bonds. The van der Waals surface area contributed by atoms with Crippen molar-refractivity contribution in [3.8, 4) is 0 Å². The van der Waals surface area contributed by atoms with E-state index in [4.69, 9.17) is 5.11 Å². The summed E-state index contributed by atoms with van der Waals surface area (Å²) < 4.78 is 36.7. The number of carbonyl (C=O) groups is 2. The minimum atomic E-state index is -4.36. The molecule has 0 aromatic heterocycles. The van der Waals surface area contributed by atoms with E-state index >= 15 is 0 Å². The lowest BCUT2D eigenvalue weighted by molar-refractivity contribution is -0.135. The van der Waals surface area contributed by atoms with Gasteiger partial charge in [-0.05, 0) is 18.2 Å². The predicted octanol–water partition coefficient (Wildman–Crippen LogP) is 3.56. The van der Waals surface area contributed by atoms with Gasteiger partial charge in [0, 0.05) is 18.1 Å². The third kappa shape index (κ3) is 5.62. The van der Waals surface area contributed by atoms with Crippen molar-refractivity contribution >= 4 is 33.6 Å². The van der Waals surface area contributed by atoms with E-state index in [-0.39, 0.29) is 11.3 Å². The molecule has 1 aromatic rings. The highest BCUT2D eigenvalue weighted by Gasteiger charge is 2.28. The normalized spacial score (nSPS) is 11.1. The highest BCUT2D eigenvalue weighted by atomic mass is 79.9. The lowest BCUT2D eigenvalue weighted by Gasteiger charge is -2.19. The maximum absolute atomic E-state index is 12.1. The van der Waals surface area contributed by atoms with Gasteiger partial charge in [0.2, 0.25) is 0 Å². The Balaban J connectivity index is 2.77. The van der Waals surface area contributed by atoms with E-state index in [2.05, 4.69) is 21.2 Å². The van der Waals surface area contributed by atoms with Gasteiger partial charge in [-0.15, -0.1) is 0 Å². The Bertz CT molecular complexity index is 549. The summed E-state index contributed by atoms with van der Waals surface area (Å²) in [7, 11) is 1.19. The maximum atomic E-state index is 12.1. The number of anilines is 1. The van der Waals surface area contributed by atoms with Gasteiger partial charge in [0.15, 0.2) is 0 Å². The van der Waals surface area contributed by atoms with E-state index in [9.17, 15) is 22.8 Å². The van der Waals surface area contributed by atoms with Crippen LogP contribution in [0.4, 0.5) is 23.7 Å². The summed E-state index contributed by atoms with van der Waals surface area (Å²) >= 11 is 3.09. The predicted molar refractivity (Wildman–Crippen MR) is 73.4 cm³/mol. The van der Waals surface area contributed by atoms with Crippen LogP contribution >= 0.6 is 15.9 Å². The molecule has 0 fully saturated rings. The summed E-state index contributed by atoms with van der Waals surface area (Å²) in [5.74, 6) is -1.26. The molecule has 0 spiro atoms. The Kier molecular flexibility index (Phi) is 5.59. The number of nitrogens with zero attached hydrogens (tertiary/aromatic N) is 1. The lowest BCUT2D eigenvalue weighted by Crippen LogP contribution is -2.34. The number of halogens is 4. The molecule has 2 N–H and O–H groups in total. The highest BCUT2D eigenvalue weighted by Crippen LogP contribution is 2.22. The van der Waals surface area contributed by atoms with Crippen LogP contribution in [0.2, 0.25) is 0 Å². The van der Waals surface area contributed by atoms with Crippen LogP contribution in [-0.2, 0) is 0 Å². The Morgan fingerprint density at radius 1 is 1.38 bits per heavy atom. The van der Waals surface area contributed by atoms with Gasteiger partial charge in [-0.2, -0.15) is 13.2 Å². The largest absolute Gasteiger partial charge is 0.478 e. The number of benzene rings is 1.